The Labute approximate surface area is 192 Å². The van der Waals surface area contributed by atoms with Gasteiger partial charge in [-0.2, -0.15) is 5.10 Å². The number of aliphatic hydroxyl groups excluding tert-OH is 1. The summed E-state index contributed by atoms with van der Waals surface area (Å²) in [5, 5.41) is 18.9. The van der Waals surface area contributed by atoms with Crippen LogP contribution in [-0.2, 0) is 0 Å². The molecule has 0 aliphatic heterocycles. The Kier molecular flexibility index (Phi) is 6.74. The van der Waals surface area contributed by atoms with Gasteiger partial charge in [0.15, 0.2) is 0 Å². The molecular weight excluding hydrogens is 420 g/mol. The second-order valence-corrected chi connectivity index (χ2v) is 7.88. The van der Waals surface area contributed by atoms with Gasteiger partial charge in [-0.3, -0.25) is 14.3 Å². The summed E-state index contributed by atoms with van der Waals surface area (Å²) in [6.07, 6.45) is 4.51. The maximum atomic E-state index is 13.2. The quantitative estimate of drug-likeness (QED) is 0.382. The molecule has 0 saturated heterocycles. The fraction of sp³-hybridized carbons (Fsp3) is 0.320. The van der Waals surface area contributed by atoms with Gasteiger partial charge in [-0.15, -0.1) is 0 Å². The summed E-state index contributed by atoms with van der Waals surface area (Å²) in [6, 6.07) is 15.1. The lowest BCUT2D eigenvalue weighted by molar-refractivity contribution is -0.866. The molecule has 2 aromatic carbocycles. The Morgan fingerprint density at radius 3 is 2.70 bits per heavy atom. The van der Waals surface area contributed by atoms with Crippen molar-refractivity contribution in [1.82, 2.24) is 9.78 Å². The maximum absolute atomic E-state index is 13.2. The Hall–Kier alpha value is -3.65. The molecule has 2 aromatic heterocycles. The number of rotatable bonds is 9. The van der Waals surface area contributed by atoms with E-state index in [1.165, 1.54) is 11.8 Å². The van der Waals surface area contributed by atoms with Gasteiger partial charge in [-0.05, 0) is 31.0 Å². The molecule has 4 aromatic rings. The normalized spacial score (nSPS) is 12.1. The highest BCUT2D eigenvalue weighted by molar-refractivity contribution is 6.04. The molecule has 172 valence electrons. The van der Waals surface area contributed by atoms with E-state index >= 15 is 0 Å². The molecule has 0 aliphatic carbocycles. The number of aromatic nitrogens is 3. The molecule has 2 heterocycles. The van der Waals surface area contributed by atoms with Gasteiger partial charge in [-0.1, -0.05) is 25.5 Å². The highest BCUT2D eigenvalue weighted by Crippen LogP contribution is 2.31. The van der Waals surface area contributed by atoms with Crippen LogP contribution in [-0.4, -0.2) is 41.6 Å². The van der Waals surface area contributed by atoms with Crippen molar-refractivity contribution in [1.29, 1.82) is 0 Å². The number of hydrogen-bond donors (Lipinski definition) is 2. The van der Waals surface area contributed by atoms with Gasteiger partial charge in [0.05, 0.1) is 29.7 Å². The molecule has 8 heteroatoms. The van der Waals surface area contributed by atoms with Crippen LogP contribution in [0, 0.1) is 0 Å². The molecule has 0 radical (unpaired) electrons. The first-order valence-corrected chi connectivity index (χ1v) is 11.1. The third kappa shape index (κ3) is 4.47. The summed E-state index contributed by atoms with van der Waals surface area (Å²) < 4.78 is 8.95. The molecule has 33 heavy (non-hydrogen) atoms. The minimum absolute atomic E-state index is 0.108. The SMILES string of the molecule is CCCC(CCO)n1cc2cc(NC(=O)c3ccc4ccccc4[n+]3OC)c(OC)cc2n1. The van der Waals surface area contributed by atoms with Crippen LogP contribution in [0.15, 0.2) is 54.7 Å². The van der Waals surface area contributed by atoms with E-state index in [1.807, 2.05) is 53.3 Å². The molecule has 1 unspecified atom stereocenters. The van der Waals surface area contributed by atoms with E-state index in [0.717, 1.165) is 34.6 Å². The average Bonchev–Trinajstić information content (AvgIpc) is 3.25. The van der Waals surface area contributed by atoms with Crippen molar-refractivity contribution < 1.29 is 24.2 Å². The number of carbonyl (C=O) groups is 1. The first kappa shape index (κ1) is 22.5. The summed E-state index contributed by atoms with van der Waals surface area (Å²) in [6.45, 7) is 2.22. The number of pyridine rings is 1. The van der Waals surface area contributed by atoms with Crippen LogP contribution in [0.3, 0.4) is 0 Å². The molecule has 8 nitrogen and oxygen atoms in total. The van der Waals surface area contributed by atoms with E-state index in [4.69, 9.17) is 9.57 Å². The summed E-state index contributed by atoms with van der Waals surface area (Å²) in [5.74, 6) is 0.192. The third-order valence-electron chi connectivity index (χ3n) is 5.76. The lowest BCUT2D eigenvalue weighted by Gasteiger charge is -2.14. The summed E-state index contributed by atoms with van der Waals surface area (Å²) in [5.41, 5.74) is 2.46. The summed E-state index contributed by atoms with van der Waals surface area (Å²) >= 11 is 0. The molecule has 0 aliphatic rings. The van der Waals surface area contributed by atoms with Crippen LogP contribution in [0.25, 0.3) is 21.8 Å². The zero-order valence-corrected chi connectivity index (χ0v) is 19.1. The molecule has 0 fully saturated rings. The fourth-order valence-corrected chi connectivity index (χ4v) is 4.15. The van der Waals surface area contributed by atoms with E-state index in [1.54, 1.807) is 13.2 Å². The smallest absolute Gasteiger partial charge is 0.325 e. The largest absolute Gasteiger partial charge is 0.494 e. The van der Waals surface area contributed by atoms with Crippen LogP contribution in [0.2, 0.25) is 0 Å². The van der Waals surface area contributed by atoms with Crippen LogP contribution < -0.4 is 19.6 Å². The number of nitrogens with zero attached hydrogens (tertiary/aromatic N) is 3. The molecule has 1 amide bonds. The maximum Gasteiger partial charge on any atom is 0.325 e. The molecule has 0 bridgehead atoms. The number of ether oxygens (including phenoxy) is 1. The number of nitrogens with one attached hydrogen (secondary N) is 1. The summed E-state index contributed by atoms with van der Waals surface area (Å²) in [4.78, 5) is 18.7. The highest BCUT2D eigenvalue weighted by atomic mass is 16.6. The standard InChI is InChI=1S/C25H28N4O4/c1-4-7-19(12-13-30)28-16-18-14-21(24(32-2)15-20(18)27-28)26-25(31)23-11-10-17-8-5-6-9-22(17)29(23)33-3/h5-6,8-11,14-16,19,30H,4,7,12-13H2,1-3H3/p+1. The van der Waals surface area contributed by atoms with Gasteiger partial charge in [0.2, 0.25) is 0 Å². The molecule has 0 saturated carbocycles. The Balaban J connectivity index is 1.69. The second kappa shape index (κ2) is 9.87. The van der Waals surface area contributed by atoms with Crippen molar-refractivity contribution in [2.75, 3.05) is 26.1 Å². The van der Waals surface area contributed by atoms with Crippen molar-refractivity contribution >= 4 is 33.4 Å². The first-order valence-electron chi connectivity index (χ1n) is 11.1. The number of fused-ring (bicyclic) bond motifs is 2. The Morgan fingerprint density at radius 1 is 1.15 bits per heavy atom. The van der Waals surface area contributed by atoms with E-state index in [9.17, 15) is 9.90 Å². The fourth-order valence-electron chi connectivity index (χ4n) is 4.15. The molecule has 4 rings (SSSR count). The molecule has 0 spiro atoms. The predicted octanol–water partition coefficient (Wildman–Crippen LogP) is 3.52. The number of para-hydroxylation sites is 1. The van der Waals surface area contributed by atoms with Crippen LogP contribution >= 0.6 is 0 Å². The van der Waals surface area contributed by atoms with Crippen LogP contribution in [0.1, 0.15) is 42.7 Å². The van der Waals surface area contributed by atoms with Crippen LogP contribution in [0.4, 0.5) is 5.69 Å². The number of benzene rings is 2. The lowest BCUT2D eigenvalue weighted by Crippen LogP contribution is -2.48. The number of carbonyl (C=O) groups excluding carboxylic acids is 1. The zero-order valence-electron chi connectivity index (χ0n) is 19.1. The number of amides is 1. The monoisotopic (exact) mass is 449 g/mol. The zero-order chi connectivity index (χ0) is 23.4. The second-order valence-electron chi connectivity index (χ2n) is 7.88. The Bertz CT molecular complexity index is 1280. The number of aliphatic hydroxyl groups is 1. The van der Waals surface area contributed by atoms with Gasteiger partial charge in [0.25, 0.3) is 5.52 Å². The summed E-state index contributed by atoms with van der Waals surface area (Å²) in [7, 11) is 3.09. The molecule has 2 N–H and O–H groups in total. The average molecular weight is 450 g/mol. The van der Waals surface area contributed by atoms with Crippen molar-refractivity contribution in [2.24, 2.45) is 0 Å². The van der Waals surface area contributed by atoms with Crippen molar-refractivity contribution in [3.8, 4) is 5.75 Å². The van der Waals surface area contributed by atoms with Gasteiger partial charge < -0.3 is 15.2 Å². The van der Waals surface area contributed by atoms with Crippen molar-refractivity contribution in [2.45, 2.75) is 32.2 Å². The minimum atomic E-state index is -0.322. The lowest BCUT2D eigenvalue weighted by atomic mass is 10.1. The number of methoxy groups -OCH3 is 1. The van der Waals surface area contributed by atoms with E-state index < -0.39 is 0 Å². The van der Waals surface area contributed by atoms with Crippen molar-refractivity contribution in [3.05, 3.63) is 60.4 Å². The van der Waals surface area contributed by atoms with Crippen molar-refractivity contribution in [3.63, 3.8) is 0 Å². The number of hydrogen-bond acceptors (Lipinski definition) is 5. The van der Waals surface area contributed by atoms with Gasteiger partial charge in [0, 0.05) is 41.1 Å². The Morgan fingerprint density at radius 2 is 1.97 bits per heavy atom. The van der Waals surface area contributed by atoms with Crippen LogP contribution in [0.5, 0.6) is 5.75 Å². The van der Waals surface area contributed by atoms with E-state index in [2.05, 4.69) is 17.3 Å². The minimum Gasteiger partial charge on any atom is -0.494 e. The van der Waals surface area contributed by atoms with E-state index in [-0.39, 0.29) is 18.6 Å². The highest BCUT2D eigenvalue weighted by Gasteiger charge is 2.25. The molecule has 1 atom stereocenters. The van der Waals surface area contributed by atoms with E-state index in [0.29, 0.717) is 23.6 Å². The van der Waals surface area contributed by atoms with Gasteiger partial charge in [-0.25, -0.2) is 0 Å². The van der Waals surface area contributed by atoms with Gasteiger partial charge in [0.1, 0.15) is 12.9 Å². The third-order valence-corrected chi connectivity index (χ3v) is 5.76. The first-order chi connectivity index (χ1) is 16.1. The topological polar surface area (TPSA) is 89.5 Å². The van der Waals surface area contributed by atoms with Gasteiger partial charge >= 0.3 is 11.6 Å². The number of anilines is 1. The molecular formula is C25H29N4O4+. The predicted molar refractivity (Wildman–Crippen MR) is 127 cm³/mol.